The largest absolute Gasteiger partial charge is 0.381 e. The van der Waals surface area contributed by atoms with Gasteiger partial charge in [-0.25, -0.2) is 0 Å². The molecule has 15 heavy (non-hydrogen) atoms. The average molecular weight is 229 g/mol. The topological polar surface area (TPSA) is 21.3 Å². The Morgan fingerprint density at radius 1 is 1.33 bits per heavy atom. The van der Waals surface area contributed by atoms with Crippen molar-refractivity contribution in [1.82, 2.24) is 5.32 Å². The van der Waals surface area contributed by atoms with Crippen molar-refractivity contribution in [2.24, 2.45) is 0 Å². The second-order valence-corrected chi connectivity index (χ2v) is 6.47. The Balaban J connectivity index is 1.80. The van der Waals surface area contributed by atoms with Gasteiger partial charge in [-0.3, -0.25) is 0 Å². The van der Waals surface area contributed by atoms with Gasteiger partial charge in [0.25, 0.3) is 0 Å². The van der Waals surface area contributed by atoms with Crippen LogP contribution in [0.5, 0.6) is 0 Å². The second kappa shape index (κ2) is 5.55. The molecule has 0 bridgehead atoms. The van der Waals surface area contributed by atoms with E-state index < -0.39 is 0 Å². The SMILES string of the molecule is CCSC1(CNC2CCC2)CCOCC1. The summed E-state index contributed by atoms with van der Waals surface area (Å²) in [7, 11) is 0. The number of hydrogen-bond acceptors (Lipinski definition) is 3. The molecule has 88 valence electrons. The molecule has 1 N–H and O–H groups in total. The normalized spacial score (nSPS) is 26.2. The van der Waals surface area contributed by atoms with Crippen LogP contribution in [0.4, 0.5) is 0 Å². The fraction of sp³-hybridized carbons (Fsp3) is 1.00. The van der Waals surface area contributed by atoms with Gasteiger partial charge in [-0.2, -0.15) is 11.8 Å². The van der Waals surface area contributed by atoms with Gasteiger partial charge in [0.05, 0.1) is 0 Å². The predicted octanol–water partition coefficient (Wildman–Crippen LogP) is 2.43. The third-order valence-electron chi connectivity index (χ3n) is 3.67. The summed E-state index contributed by atoms with van der Waals surface area (Å²) >= 11 is 2.13. The van der Waals surface area contributed by atoms with E-state index in [2.05, 4.69) is 24.0 Å². The van der Waals surface area contributed by atoms with Gasteiger partial charge in [0, 0.05) is 30.5 Å². The molecule has 2 rings (SSSR count). The Morgan fingerprint density at radius 2 is 2.07 bits per heavy atom. The Hall–Kier alpha value is 0.270. The Labute approximate surface area is 97.5 Å². The minimum atomic E-state index is 0.475. The van der Waals surface area contributed by atoms with Crippen LogP contribution in [0.2, 0.25) is 0 Å². The third-order valence-corrected chi connectivity index (χ3v) is 5.13. The molecular formula is C12H23NOS. The first-order chi connectivity index (χ1) is 7.35. The first-order valence-electron chi connectivity index (χ1n) is 6.30. The summed E-state index contributed by atoms with van der Waals surface area (Å²) in [6.07, 6.45) is 6.66. The number of thioether (sulfide) groups is 1. The molecule has 0 atom stereocenters. The fourth-order valence-corrected chi connectivity index (χ4v) is 3.62. The van der Waals surface area contributed by atoms with Gasteiger partial charge in [-0.1, -0.05) is 13.3 Å². The number of rotatable bonds is 5. The monoisotopic (exact) mass is 229 g/mol. The van der Waals surface area contributed by atoms with Crippen molar-refractivity contribution in [1.29, 1.82) is 0 Å². The maximum Gasteiger partial charge on any atom is 0.0479 e. The summed E-state index contributed by atoms with van der Waals surface area (Å²) in [4.78, 5) is 0. The van der Waals surface area contributed by atoms with E-state index in [1.807, 2.05) is 0 Å². The van der Waals surface area contributed by atoms with Crippen LogP contribution in [0.3, 0.4) is 0 Å². The molecule has 0 unspecified atom stereocenters. The van der Waals surface area contributed by atoms with Gasteiger partial charge >= 0.3 is 0 Å². The van der Waals surface area contributed by atoms with Crippen molar-refractivity contribution in [3.8, 4) is 0 Å². The van der Waals surface area contributed by atoms with Crippen LogP contribution in [0, 0.1) is 0 Å². The molecule has 3 heteroatoms. The summed E-state index contributed by atoms with van der Waals surface area (Å²) in [6, 6.07) is 0.821. The maximum absolute atomic E-state index is 5.48. The molecule has 0 aromatic rings. The molecule has 2 aliphatic rings. The van der Waals surface area contributed by atoms with Gasteiger partial charge in [-0.05, 0) is 31.4 Å². The summed E-state index contributed by atoms with van der Waals surface area (Å²) in [5.41, 5.74) is 0. The predicted molar refractivity (Wildman–Crippen MR) is 66.6 cm³/mol. The minimum Gasteiger partial charge on any atom is -0.381 e. The molecule has 1 aliphatic carbocycles. The Kier molecular flexibility index (Phi) is 4.35. The zero-order valence-electron chi connectivity index (χ0n) is 9.76. The second-order valence-electron chi connectivity index (χ2n) is 4.74. The van der Waals surface area contributed by atoms with E-state index in [9.17, 15) is 0 Å². The van der Waals surface area contributed by atoms with Gasteiger partial charge in [0.1, 0.15) is 0 Å². The highest BCUT2D eigenvalue weighted by Gasteiger charge is 2.33. The van der Waals surface area contributed by atoms with Gasteiger partial charge in [-0.15, -0.1) is 0 Å². The van der Waals surface area contributed by atoms with Crippen molar-refractivity contribution >= 4 is 11.8 Å². The van der Waals surface area contributed by atoms with Gasteiger partial charge in [0.15, 0.2) is 0 Å². The molecule has 2 fully saturated rings. The molecule has 0 spiro atoms. The van der Waals surface area contributed by atoms with Crippen molar-refractivity contribution in [3.63, 3.8) is 0 Å². The summed E-state index contributed by atoms with van der Waals surface area (Å²) in [5.74, 6) is 1.23. The van der Waals surface area contributed by atoms with Crippen LogP contribution in [0.1, 0.15) is 39.0 Å². The molecular weight excluding hydrogens is 206 g/mol. The average Bonchev–Trinajstić information content (AvgIpc) is 2.17. The standard InChI is InChI=1S/C12H23NOS/c1-2-15-12(6-8-14-9-7-12)10-13-11-4-3-5-11/h11,13H,2-10H2,1H3. The van der Waals surface area contributed by atoms with Crippen LogP contribution in [-0.2, 0) is 4.74 Å². The van der Waals surface area contributed by atoms with E-state index in [0.717, 1.165) is 19.3 Å². The van der Waals surface area contributed by atoms with Crippen LogP contribution in [-0.4, -0.2) is 36.3 Å². The zero-order chi connectivity index (χ0) is 10.6. The fourth-order valence-electron chi connectivity index (χ4n) is 2.36. The zero-order valence-corrected chi connectivity index (χ0v) is 10.6. The molecule has 1 saturated heterocycles. The van der Waals surface area contributed by atoms with Crippen LogP contribution in [0.25, 0.3) is 0 Å². The number of ether oxygens (including phenoxy) is 1. The van der Waals surface area contributed by atoms with E-state index in [1.54, 1.807) is 0 Å². The Bertz CT molecular complexity index is 183. The lowest BCUT2D eigenvalue weighted by molar-refractivity contribution is 0.0755. The van der Waals surface area contributed by atoms with Crippen molar-refractivity contribution in [3.05, 3.63) is 0 Å². The lowest BCUT2D eigenvalue weighted by atomic mass is 9.91. The van der Waals surface area contributed by atoms with Gasteiger partial charge < -0.3 is 10.1 Å². The summed E-state index contributed by atoms with van der Waals surface area (Å²) in [5, 5.41) is 3.74. The Morgan fingerprint density at radius 3 is 2.60 bits per heavy atom. The molecule has 1 saturated carbocycles. The van der Waals surface area contributed by atoms with E-state index in [1.165, 1.54) is 44.4 Å². The molecule has 0 amide bonds. The first kappa shape index (κ1) is 11.7. The highest BCUT2D eigenvalue weighted by molar-refractivity contribution is 8.00. The highest BCUT2D eigenvalue weighted by atomic mass is 32.2. The molecule has 0 radical (unpaired) electrons. The van der Waals surface area contributed by atoms with Gasteiger partial charge in [0.2, 0.25) is 0 Å². The molecule has 0 aromatic carbocycles. The number of nitrogens with one attached hydrogen (secondary N) is 1. The number of hydrogen-bond donors (Lipinski definition) is 1. The lowest BCUT2D eigenvalue weighted by Crippen LogP contribution is -2.47. The summed E-state index contributed by atoms with van der Waals surface area (Å²) < 4.78 is 5.95. The molecule has 2 nitrogen and oxygen atoms in total. The van der Waals surface area contributed by atoms with E-state index >= 15 is 0 Å². The third kappa shape index (κ3) is 3.11. The van der Waals surface area contributed by atoms with E-state index in [0.29, 0.717) is 4.75 Å². The highest BCUT2D eigenvalue weighted by Crippen LogP contribution is 2.35. The van der Waals surface area contributed by atoms with E-state index in [-0.39, 0.29) is 0 Å². The molecule has 1 heterocycles. The molecule has 1 aliphatic heterocycles. The quantitative estimate of drug-likeness (QED) is 0.782. The van der Waals surface area contributed by atoms with Crippen molar-refractivity contribution in [2.45, 2.75) is 49.8 Å². The lowest BCUT2D eigenvalue weighted by Gasteiger charge is -2.39. The van der Waals surface area contributed by atoms with Crippen LogP contribution < -0.4 is 5.32 Å². The first-order valence-corrected chi connectivity index (χ1v) is 7.28. The van der Waals surface area contributed by atoms with Crippen molar-refractivity contribution in [2.75, 3.05) is 25.5 Å². The summed E-state index contributed by atoms with van der Waals surface area (Å²) in [6.45, 7) is 5.38. The smallest absolute Gasteiger partial charge is 0.0479 e. The maximum atomic E-state index is 5.48. The molecule has 0 aromatic heterocycles. The van der Waals surface area contributed by atoms with E-state index in [4.69, 9.17) is 4.74 Å². The van der Waals surface area contributed by atoms with Crippen LogP contribution >= 0.6 is 11.8 Å². The van der Waals surface area contributed by atoms with Crippen LogP contribution in [0.15, 0.2) is 0 Å². The van der Waals surface area contributed by atoms with Crippen molar-refractivity contribution < 1.29 is 4.74 Å². The minimum absolute atomic E-state index is 0.475.